The Morgan fingerprint density at radius 3 is 3.06 bits per heavy atom. The number of aromatic hydroxyl groups is 1. The number of hydrogen-bond donors (Lipinski definition) is 2. The molecule has 0 aliphatic heterocycles. The van der Waals surface area contributed by atoms with Gasteiger partial charge < -0.3 is 14.9 Å². The minimum absolute atomic E-state index is 0.237. The zero-order valence-corrected chi connectivity index (χ0v) is 9.81. The van der Waals surface area contributed by atoms with E-state index in [1.54, 1.807) is 18.2 Å². The highest BCUT2D eigenvalue weighted by atomic mass is 35.5. The van der Waals surface area contributed by atoms with E-state index in [1.165, 1.54) is 6.39 Å². The molecule has 0 spiro atoms. The number of benzene rings is 1. The fourth-order valence-corrected chi connectivity index (χ4v) is 1.62. The van der Waals surface area contributed by atoms with Gasteiger partial charge in [0.15, 0.2) is 5.82 Å². The van der Waals surface area contributed by atoms with Crippen molar-refractivity contribution in [2.75, 3.05) is 6.54 Å². The van der Waals surface area contributed by atoms with Gasteiger partial charge in [-0.3, -0.25) is 0 Å². The molecule has 2 N–H and O–H groups in total. The Morgan fingerprint density at radius 2 is 2.29 bits per heavy atom. The van der Waals surface area contributed by atoms with Crippen LogP contribution in [0.4, 0.5) is 0 Å². The number of phenols is 1. The van der Waals surface area contributed by atoms with Gasteiger partial charge in [-0.25, -0.2) is 0 Å². The van der Waals surface area contributed by atoms with Crippen molar-refractivity contribution in [1.82, 2.24) is 15.5 Å². The first kappa shape index (κ1) is 11.9. The lowest BCUT2D eigenvalue weighted by Gasteiger charge is -2.06. The Balaban J connectivity index is 1.80. The highest BCUT2D eigenvalue weighted by Crippen LogP contribution is 2.20. The van der Waals surface area contributed by atoms with Crippen LogP contribution in [-0.2, 0) is 13.0 Å². The fourth-order valence-electron chi connectivity index (χ4n) is 1.42. The molecular weight excluding hydrogens is 242 g/mol. The SMILES string of the molecule is Oc1ccc(Cl)cc1CNCCc1ncon1. The van der Waals surface area contributed by atoms with Crippen LogP contribution in [0.2, 0.25) is 5.02 Å². The number of aromatic nitrogens is 2. The van der Waals surface area contributed by atoms with Crippen molar-refractivity contribution in [3.8, 4) is 5.75 Å². The maximum absolute atomic E-state index is 9.58. The molecule has 0 amide bonds. The van der Waals surface area contributed by atoms with Gasteiger partial charge in [-0.15, -0.1) is 0 Å². The van der Waals surface area contributed by atoms with Crippen LogP contribution in [0, 0.1) is 0 Å². The van der Waals surface area contributed by atoms with E-state index in [9.17, 15) is 5.11 Å². The molecule has 0 unspecified atom stereocenters. The van der Waals surface area contributed by atoms with Crippen LogP contribution in [0.15, 0.2) is 29.1 Å². The largest absolute Gasteiger partial charge is 0.508 e. The van der Waals surface area contributed by atoms with Crippen LogP contribution in [0.5, 0.6) is 5.75 Å². The van der Waals surface area contributed by atoms with Gasteiger partial charge in [-0.1, -0.05) is 16.8 Å². The van der Waals surface area contributed by atoms with E-state index < -0.39 is 0 Å². The summed E-state index contributed by atoms with van der Waals surface area (Å²) < 4.78 is 4.62. The second-order valence-electron chi connectivity index (χ2n) is 3.55. The summed E-state index contributed by atoms with van der Waals surface area (Å²) in [6.07, 6.45) is 1.98. The van der Waals surface area contributed by atoms with Crippen LogP contribution >= 0.6 is 11.6 Å². The third-order valence-electron chi connectivity index (χ3n) is 2.29. The topological polar surface area (TPSA) is 71.2 Å². The van der Waals surface area contributed by atoms with E-state index in [0.717, 1.165) is 5.56 Å². The Kier molecular flexibility index (Phi) is 3.95. The molecule has 2 rings (SSSR count). The lowest BCUT2D eigenvalue weighted by atomic mass is 10.2. The summed E-state index contributed by atoms with van der Waals surface area (Å²) in [5.41, 5.74) is 0.769. The van der Waals surface area contributed by atoms with Crippen molar-refractivity contribution in [2.45, 2.75) is 13.0 Å². The zero-order valence-electron chi connectivity index (χ0n) is 9.06. The molecule has 2 aromatic rings. The quantitative estimate of drug-likeness (QED) is 0.795. The zero-order chi connectivity index (χ0) is 12.1. The van der Waals surface area contributed by atoms with Crippen LogP contribution in [-0.4, -0.2) is 21.8 Å². The summed E-state index contributed by atoms with van der Waals surface area (Å²) >= 11 is 5.84. The van der Waals surface area contributed by atoms with Crippen LogP contribution in [0.1, 0.15) is 11.4 Å². The first-order chi connectivity index (χ1) is 8.25. The van der Waals surface area contributed by atoms with Crippen molar-refractivity contribution in [3.05, 3.63) is 41.0 Å². The van der Waals surface area contributed by atoms with Gasteiger partial charge in [0.05, 0.1) is 0 Å². The molecule has 0 bridgehead atoms. The molecule has 0 aliphatic carbocycles. The van der Waals surface area contributed by atoms with E-state index in [4.69, 9.17) is 11.6 Å². The highest BCUT2D eigenvalue weighted by molar-refractivity contribution is 6.30. The standard InChI is InChI=1S/C11H12ClN3O2/c12-9-1-2-10(16)8(5-9)6-13-4-3-11-14-7-17-15-11/h1-2,5,7,13,16H,3-4,6H2. The number of rotatable bonds is 5. The molecule has 17 heavy (non-hydrogen) atoms. The summed E-state index contributed by atoms with van der Waals surface area (Å²) in [4.78, 5) is 3.90. The fraction of sp³-hybridized carbons (Fsp3) is 0.273. The average Bonchev–Trinajstić information content (AvgIpc) is 2.82. The third kappa shape index (κ3) is 3.44. The lowest BCUT2D eigenvalue weighted by molar-refractivity contribution is 0.409. The Morgan fingerprint density at radius 1 is 1.41 bits per heavy atom. The van der Waals surface area contributed by atoms with Crippen molar-refractivity contribution >= 4 is 11.6 Å². The first-order valence-electron chi connectivity index (χ1n) is 5.19. The molecule has 0 fully saturated rings. The second-order valence-corrected chi connectivity index (χ2v) is 3.98. The predicted molar refractivity (Wildman–Crippen MR) is 62.8 cm³/mol. The third-order valence-corrected chi connectivity index (χ3v) is 2.52. The molecule has 5 nitrogen and oxygen atoms in total. The lowest BCUT2D eigenvalue weighted by Crippen LogP contribution is -2.17. The van der Waals surface area contributed by atoms with Crippen LogP contribution < -0.4 is 5.32 Å². The van der Waals surface area contributed by atoms with Crippen LogP contribution in [0.3, 0.4) is 0 Å². The van der Waals surface area contributed by atoms with Gasteiger partial charge in [0.2, 0.25) is 6.39 Å². The summed E-state index contributed by atoms with van der Waals surface area (Å²) in [7, 11) is 0. The summed E-state index contributed by atoms with van der Waals surface area (Å²) in [5, 5.41) is 17.1. The first-order valence-corrected chi connectivity index (χ1v) is 5.57. The number of phenolic OH excluding ortho intramolecular Hbond substituents is 1. The van der Waals surface area contributed by atoms with Crippen molar-refractivity contribution < 1.29 is 9.63 Å². The van der Waals surface area contributed by atoms with E-state index >= 15 is 0 Å². The smallest absolute Gasteiger partial charge is 0.213 e. The molecule has 0 aliphatic rings. The predicted octanol–water partition coefficient (Wildman–Crippen LogP) is 1.76. The normalized spacial score (nSPS) is 10.6. The number of nitrogens with zero attached hydrogens (tertiary/aromatic N) is 2. The Labute approximate surface area is 103 Å². The molecule has 1 aromatic heterocycles. The summed E-state index contributed by atoms with van der Waals surface area (Å²) in [6.45, 7) is 1.25. The molecule has 0 radical (unpaired) electrons. The molecule has 1 heterocycles. The Bertz CT molecular complexity index is 474. The Hall–Kier alpha value is -1.59. The van der Waals surface area contributed by atoms with E-state index in [-0.39, 0.29) is 5.75 Å². The number of hydrogen-bond acceptors (Lipinski definition) is 5. The molecule has 0 atom stereocenters. The van der Waals surface area contributed by atoms with Crippen molar-refractivity contribution in [1.29, 1.82) is 0 Å². The van der Waals surface area contributed by atoms with Gasteiger partial charge >= 0.3 is 0 Å². The molecule has 0 saturated carbocycles. The average molecular weight is 254 g/mol. The van der Waals surface area contributed by atoms with Crippen molar-refractivity contribution in [3.63, 3.8) is 0 Å². The van der Waals surface area contributed by atoms with Crippen LogP contribution in [0.25, 0.3) is 0 Å². The van der Waals surface area contributed by atoms with Gasteiger partial charge in [0.25, 0.3) is 0 Å². The number of nitrogens with one attached hydrogen (secondary N) is 1. The molecular formula is C11H12ClN3O2. The number of halogens is 1. The second kappa shape index (κ2) is 5.65. The van der Waals surface area contributed by atoms with Crippen molar-refractivity contribution in [2.24, 2.45) is 0 Å². The van der Waals surface area contributed by atoms with Gasteiger partial charge in [-0.05, 0) is 18.2 Å². The van der Waals surface area contributed by atoms with Gasteiger partial charge in [0, 0.05) is 30.1 Å². The van der Waals surface area contributed by atoms with E-state index in [1.807, 2.05) is 0 Å². The molecule has 6 heteroatoms. The van der Waals surface area contributed by atoms with E-state index in [2.05, 4.69) is 20.0 Å². The van der Waals surface area contributed by atoms with Gasteiger partial charge in [0.1, 0.15) is 5.75 Å². The van der Waals surface area contributed by atoms with E-state index in [0.29, 0.717) is 30.4 Å². The summed E-state index contributed by atoms with van der Waals surface area (Å²) in [5.74, 6) is 0.897. The monoisotopic (exact) mass is 253 g/mol. The highest BCUT2D eigenvalue weighted by Gasteiger charge is 2.02. The molecule has 1 aromatic carbocycles. The molecule has 90 valence electrons. The van der Waals surface area contributed by atoms with Gasteiger partial charge in [-0.2, -0.15) is 4.98 Å². The minimum Gasteiger partial charge on any atom is -0.508 e. The molecule has 0 saturated heterocycles. The summed E-state index contributed by atoms with van der Waals surface area (Å²) in [6, 6.07) is 4.97. The minimum atomic E-state index is 0.237. The maximum atomic E-state index is 9.58. The maximum Gasteiger partial charge on any atom is 0.213 e.